The summed E-state index contributed by atoms with van der Waals surface area (Å²) in [5, 5.41) is 15.0. The molecule has 2 nitrogen and oxygen atoms in total. The predicted octanol–water partition coefficient (Wildman–Crippen LogP) is 3.02. The van der Waals surface area contributed by atoms with Gasteiger partial charge in [0.1, 0.15) is 0 Å². The first-order valence-electron chi connectivity index (χ1n) is 6.81. The molecule has 0 amide bonds. The topological polar surface area (TPSA) is 32.3 Å². The van der Waals surface area contributed by atoms with Crippen LogP contribution in [0.5, 0.6) is 0 Å². The molecule has 1 heterocycles. The third-order valence-electron chi connectivity index (χ3n) is 4.09. The van der Waals surface area contributed by atoms with Crippen molar-refractivity contribution in [3.63, 3.8) is 0 Å². The van der Waals surface area contributed by atoms with Gasteiger partial charge in [0.25, 0.3) is 0 Å². The molecule has 0 radical (unpaired) electrons. The maximum atomic E-state index is 10.9. The lowest BCUT2D eigenvalue weighted by Crippen LogP contribution is -2.47. The number of rotatable bonds is 4. The Kier molecular flexibility index (Phi) is 4.66. The molecule has 0 saturated carbocycles. The molecule has 1 aromatic rings. The Hall–Kier alpha value is -0.570. The van der Waals surface area contributed by atoms with E-state index in [9.17, 15) is 5.11 Å². The SMILES string of the molecule is CCC(O)(Cc1ccc(Cl)cc1)C1CCCNC1. The van der Waals surface area contributed by atoms with Crippen molar-refractivity contribution in [3.8, 4) is 0 Å². The third kappa shape index (κ3) is 3.25. The van der Waals surface area contributed by atoms with Crippen molar-refractivity contribution in [2.45, 2.75) is 38.2 Å². The number of hydrogen-bond acceptors (Lipinski definition) is 2. The summed E-state index contributed by atoms with van der Waals surface area (Å²) in [7, 11) is 0. The Bertz CT molecular complexity index is 373. The van der Waals surface area contributed by atoms with Crippen LogP contribution in [0.4, 0.5) is 0 Å². The number of halogens is 1. The standard InChI is InChI=1S/C15H22ClNO/c1-2-15(18,13-4-3-9-17-11-13)10-12-5-7-14(16)8-6-12/h5-8,13,17-18H,2-4,9-11H2,1H3. The third-order valence-corrected chi connectivity index (χ3v) is 4.34. The summed E-state index contributed by atoms with van der Waals surface area (Å²) in [5.74, 6) is 0.354. The lowest BCUT2D eigenvalue weighted by molar-refractivity contribution is -0.0305. The van der Waals surface area contributed by atoms with Crippen LogP contribution in [-0.4, -0.2) is 23.8 Å². The molecule has 2 unspecified atom stereocenters. The van der Waals surface area contributed by atoms with Gasteiger partial charge in [-0.15, -0.1) is 0 Å². The molecule has 1 aliphatic rings. The van der Waals surface area contributed by atoms with Crippen LogP contribution in [0.1, 0.15) is 31.7 Å². The van der Waals surface area contributed by atoms with E-state index in [1.807, 2.05) is 24.3 Å². The minimum Gasteiger partial charge on any atom is -0.389 e. The van der Waals surface area contributed by atoms with Crippen molar-refractivity contribution in [1.29, 1.82) is 0 Å². The summed E-state index contributed by atoms with van der Waals surface area (Å²) in [6, 6.07) is 7.82. The fourth-order valence-electron chi connectivity index (χ4n) is 2.82. The van der Waals surface area contributed by atoms with Crippen LogP contribution < -0.4 is 5.32 Å². The van der Waals surface area contributed by atoms with E-state index < -0.39 is 5.60 Å². The van der Waals surface area contributed by atoms with Gasteiger partial charge in [0.05, 0.1) is 5.60 Å². The maximum absolute atomic E-state index is 10.9. The number of piperidine rings is 1. The number of aliphatic hydroxyl groups is 1. The van der Waals surface area contributed by atoms with Crippen molar-refractivity contribution < 1.29 is 5.11 Å². The molecular weight excluding hydrogens is 246 g/mol. The van der Waals surface area contributed by atoms with Crippen molar-refractivity contribution in [3.05, 3.63) is 34.9 Å². The van der Waals surface area contributed by atoms with Crippen LogP contribution >= 0.6 is 11.6 Å². The molecular formula is C15H22ClNO. The van der Waals surface area contributed by atoms with Crippen LogP contribution in [0.25, 0.3) is 0 Å². The van der Waals surface area contributed by atoms with Gasteiger partial charge in [-0.1, -0.05) is 30.7 Å². The highest BCUT2D eigenvalue weighted by Crippen LogP contribution is 2.31. The zero-order valence-corrected chi connectivity index (χ0v) is 11.7. The maximum Gasteiger partial charge on any atom is 0.0725 e. The Morgan fingerprint density at radius 3 is 2.67 bits per heavy atom. The first-order chi connectivity index (χ1) is 8.64. The van der Waals surface area contributed by atoms with Crippen LogP contribution in [-0.2, 0) is 6.42 Å². The molecule has 0 spiro atoms. The average Bonchev–Trinajstić information content (AvgIpc) is 2.42. The van der Waals surface area contributed by atoms with Crippen molar-refractivity contribution in [1.82, 2.24) is 5.32 Å². The van der Waals surface area contributed by atoms with E-state index in [2.05, 4.69) is 12.2 Å². The summed E-state index contributed by atoms with van der Waals surface area (Å²) in [4.78, 5) is 0. The van der Waals surface area contributed by atoms with Crippen LogP contribution in [0, 0.1) is 5.92 Å². The smallest absolute Gasteiger partial charge is 0.0725 e. The molecule has 1 aliphatic heterocycles. The Morgan fingerprint density at radius 1 is 1.39 bits per heavy atom. The fourth-order valence-corrected chi connectivity index (χ4v) is 2.95. The van der Waals surface area contributed by atoms with Gasteiger partial charge < -0.3 is 10.4 Å². The van der Waals surface area contributed by atoms with E-state index >= 15 is 0 Å². The number of benzene rings is 1. The second-order valence-corrected chi connectivity index (χ2v) is 5.74. The molecule has 0 aromatic heterocycles. The highest BCUT2D eigenvalue weighted by Gasteiger charge is 2.35. The largest absolute Gasteiger partial charge is 0.389 e. The average molecular weight is 268 g/mol. The summed E-state index contributed by atoms with van der Waals surface area (Å²) < 4.78 is 0. The molecule has 100 valence electrons. The Labute approximate surface area is 114 Å². The molecule has 3 heteroatoms. The van der Waals surface area contributed by atoms with Crippen molar-refractivity contribution >= 4 is 11.6 Å². The molecule has 1 fully saturated rings. The minimum atomic E-state index is -0.596. The molecule has 0 aliphatic carbocycles. The Morgan fingerprint density at radius 2 is 2.11 bits per heavy atom. The van der Waals surface area contributed by atoms with Gasteiger partial charge in [-0.05, 0) is 43.5 Å². The van der Waals surface area contributed by atoms with Crippen LogP contribution in [0.2, 0.25) is 5.02 Å². The zero-order chi connectivity index (χ0) is 13.0. The Balaban J connectivity index is 2.08. The molecule has 2 N–H and O–H groups in total. The van der Waals surface area contributed by atoms with Crippen molar-refractivity contribution in [2.75, 3.05) is 13.1 Å². The second-order valence-electron chi connectivity index (χ2n) is 5.30. The second kappa shape index (κ2) is 6.05. The first-order valence-corrected chi connectivity index (χ1v) is 7.19. The minimum absolute atomic E-state index is 0.354. The molecule has 0 bridgehead atoms. The van der Waals surface area contributed by atoms with Crippen molar-refractivity contribution in [2.24, 2.45) is 5.92 Å². The summed E-state index contributed by atoms with van der Waals surface area (Å²) in [5.41, 5.74) is 0.565. The zero-order valence-electron chi connectivity index (χ0n) is 11.0. The van der Waals surface area contributed by atoms with Gasteiger partial charge in [-0.2, -0.15) is 0 Å². The summed E-state index contributed by atoms with van der Waals surface area (Å²) >= 11 is 5.89. The lowest BCUT2D eigenvalue weighted by Gasteiger charge is -2.38. The van der Waals surface area contributed by atoms with E-state index in [0.29, 0.717) is 12.3 Å². The highest BCUT2D eigenvalue weighted by molar-refractivity contribution is 6.30. The fraction of sp³-hybridized carbons (Fsp3) is 0.600. The monoisotopic (exact) mass is 267 g/mol. The number of nitrogens with one attached hydrogen (secondary N) is 1. The van der Waals surface area contributed by atoms with E-state index in [4.69, 9.17) is 11.6 Å². The van der Waals surface area contributed by atoms with Gasteiger partial charge in [-0.3, -0.25) is 0 Å². The van der Waals surface area contributed by atoms with Gasteiger partial charge in [0.15, 0.2) is 0 Å². The van der Waals surface area contributed by atoms with Gasteiger partial charge in [0, 0.05) is 23.9 Å². The van der Waals surface area contributed by atoms with Crippen LogP contribution in [0.15, 0.2) is 24.3 Å². The van der Waals surface area contributed by atoms with E-state index in [1.165, 1.54) is 0 Å². The quantitative estimate of drug-likeness (QED) is 0.879. The molecule has 1 saturated heterocycles. The molecule has 18 heavy (non-hydrogen) atoms. The highest BCUT2D eigenvalue weighted by atomic mass is 35.5. The molecule has 1 aromatic carbocycles. The number of hydrogen-bond donors (Lipinski definition) is 2. The summed E-state index contributed by atoms with van der Waals surface area (Å²) in [6.07, 6.45) is 3.79. The van der Waals surface area contributed by atoms with Crippen LogP contribution in [0.3, 0.4) is 0 Å². The molecule has 2 rings (SSSR count). The lowest BCUT2D eigenvalue weighted by atomic mass is 9.76. The molecule has 2 atom stereocenters. The van der Waals surface area contributed by atoms with E-state index in [-0.39, 0.29) is 0 Å². The van der Waals surface area contributed by atoms with Gasteiger partial charge >= 0.3 is 0 Å². The predicted molar refractivity (Wildman–Crippen MR) is 76.0 cm³/mol. The van der Waals surface area contributed by atoms with Gasteiger partial charge in [-0.25, -0.2) is 0 Å². The normalized spacial score (nSPS) is 23.6. The first kappa shape index (κ1) is 13.9. The summed E-state index contributed by atoms with van der Waals surface area (Å²) in [6.45, 7) is 4.08. The van der Waals surface area contributed by atoms with E-state index in [1.54, 1.807) is 0 Å². The van der Waals surface area contributed by atoms with Gasteiger partial charge in [0.2, 0.25) is 0 Å². The van der Waals surface area contributed by atoms with E-state index in [0.717, 1.165) is 42.9 Å².